The summed E-state index contributed by atoms with van der Waals surface area (Å²) in [6.45, 7) is 4.45. The molecule has 90 valence electrons. The lowest BCUT2D eigenvalue weighted by Crippen LogP contribution is -2.02. The van der Waals surface area contributed by atoms with E-state index in [-0.39, 0.29) is 5.82 Å². The van der Waals surface area contributed by atoms with Crippen LogP contribution in [0.25, 0.3) is 0 Å². The molecule has 2 rings (SSSR count). The second-order valence-electron chi connectivity index (χ2n) is 3.19. The molecule has 0 amide bonds. The molecule has 17 heavy (non-hydrogen) atoms. The predicted octanol–water partition coefficient (Wildman–Crippen LogP) is 2.91. The van der Waals surface area contributed by atoms with Crippen LogP contribution in [0, 0.1) is 5.82 Å². The number of aromatic nitrogens is 2. The summed E-state index contributed by atoms with van der Waals surface area (Å²) in [4.78, 5) is 14.5. The number of benzene rings is 1. The highest BCUT2D eigenvalue weighted by atomic mass is 19.1. The van der Waals surface area contributed by atoms with Crippen molar-refractivity contribution in [3.63, 3.8) is 0 Å². The topological polar surface area (TPSA) is 34.9 Å². The summed E-state index contributed by atoms with van der Waals surface area (Å²) in [5.41, 5.74) is 1.29. The molecular weight excluding hydrogens is 219 g/mol. The van der Waals surface area contributed by atoms with E-state index in [0.29, 0.717) is 12.2 Å². The van der Waals surface area contributed by atoms with Crippen LogP contribution in [0.4, 0.5) is 4.39 Å². The average Bonchev–Trinajstić information content (AvgIpc) is 2.79. The van der Waals surface area contributed by atoms with E-state index in [0.717, 1.165) is 11.8 Å². The van der Waals surface area contributed by atoms with Crippen molar-refractivity contribution in [2.24, 2.45) is 0 Å². The van der Waals surface area contributed by atoms with Gasteiger partial charge in [0.25, 0.3) is 0 Å². The van der Waals surface area contributed by atoms with Crippen molar-refractivity contribution >= 4 is 6.29 Å². The molecule has 0 saturated heterocycles. The smallest absolute Gasteiger partial charge is 0.168 e. The maximum absolute atomic E-state index is 12.9. The van der Waals surface area contributed by atoms with E-state index < -0.39 is 0 Å². The fourth-order valence-corrected chi connectivity index (χ4v) is 1.39. The van der Waals surface area contributed by atoms with Crippen molar-refractivity contribution in [2.45, 2.75) is 20.4 Å². The van der Waals surface area contributed by atoms with Crippen LogP contribution in [0.3, 0.4) is 0 Å². The summed E-state index contributed by atoms with van der Waals surface area (Å²) in [5.74, 6) is -0.278. The first-order valence-corrected chi connectivity index (χ1v) is 5.49. The highest BCUT2D eigenvalue weighted by Gasteiger charge is 2.01. The summed E-state index contributed by atoms with van der Waals surface area (Å²) in [7, 11) is 0. The van der Waals surface area contributed by atoms with Crippen LogP contribution in [-0.2, 0) is 6.54 Å². The van der Waals surface area contributed by atoms with Gasteiger partial charge >= 0.3 is 0 Å². The number of hydrogen-bond acceptors (Lipinski definition) is 2. The average molecular weight is 234 g/mol. The number of carbonyl (C=O) groups excluding carboxylic acids is 1. The third-order valence-electron chi connectivity index (χ3n) is 2.11. The van der Waals surface area contributed by atoms with Crippen LogP contribution < -0.4 is 0 Å². The molecule has 0 aliphatic heterocycles. The van der Waals surface area contributed by atoms with Gasteiger partial charge in [0.05, 0.1) is 12.5 Å². The van der Waals surface area contributed by atoms with Crippen LogP contribution in [0.15, 0.2) is 36.8 Å². The highest BCUT2D eigenvalue weighted by molar-refractivity contribution is 5.71. The first-order valence-electron chi connectivity index (χ1n) is 5.49. The lowest BCUT2D eigenvalue weighted by Gasteiger charge is -2.04. The van der Waals surface area contributed by atoms with Gasteiger partial charge in [-0.3, -0.25) is 4.79 Å². The molecule has 0 radical (unpaired) electrons. The molecule has 1 heterocycles. The Kier molecular flexibility index (Phi) is 5.07. The Balaban J connectivity index is 0.000000686. The molecule has 2 aromatic rings. The summed E-state index contributed by atoms with van der Waals surface area (Å²) < 4.78 is 14.6. The van der Waals surface area contributed by atoms with E-state index in [1.54, 1.807) is 23.0 Å². The Bertz CT molecular complexity index is 480. The minimum absolute atomic E-state index is 0.278. The zero-order valence-corrected chi connectivity index (χ0v) is 9.93. The minimum Gasteiger partial charge on any atom is -0.324 e. The number of imidazole rings is 1. The zero-order valence-electron chi connectivity index (χ0n) is 9.93. The highest BCUT2D eigenvalue weighted by Crippen LogP contribution is 2.07. The van der Waals surface area contributed by atoms with E-state index in [1.807, 2.05) is 13.8 Å². The monoisotopic (exact) mass is 234 g/mol. The number of aldehydes is 1. The van der Waals surface area contributed by atoms with Gasteiger partial charge < -0.3 is 4.57 Å². The minimum atomic E-state index is -0.278. The maximum atomic E-state index is 12.9. The van der Waals surface area contributed by atoms with Crippen LogP contribution in [0.1, 0.15) is 29.9 Å². The van der Waals surface area contributed by atoms with Gasteiger partial charge in [0.15, 0.2) is 6.29 Å². The standard InChI is InChI=1S/C11H9FN2O.C2H6/c12-10-3-1-2-9(4-10)6-14-8-13-5-11(14)7-15;1-2/h1-5,7-8H,6H2;1-2H3. The summed E-state index contributed by atoms with van der Waals surface area (Å²) >= 11 is 0. The molecule has 1 aromatic heterocycles. The summed E-state index contributed by atoms with van der Waals surface area (Å²) in [6.07, 6.45) is 3.76. The fraction of sp³-hybridized carbons (Fsp3) is 0.231. The van der Waals surface area contributed by atoms with Gasteiger partial charge in [0.2, 0.25) is 0 Å². The summed E-state index contributed by atoms with van der Waals surface area (Å²) in [5, 5.41) is 0. The molecule has 4 heteroatoms. The van der Waals surface area contributed by atoms with Crippen LogP contribution >= 0.6 is 0 Å². The molecule has 0 aliphatic rings. The van der Waals surface area contributed by atoms with Gasteiger partial charge in [-0.05, 0) is 17.7 Å². The quantitative estimate of drug-likeness (QED) is 0.765. The van der Waals surface area contributed by atoms with Crippen LogP contribution in [-0.4, -0.2) is 15.8 Å². The first-order chi connectivity index (χ1) is 8.29. The molecule has 0 atom stereocenters. The Labute approximate surface area is 99.9 Å². The van der Waals surface area contributed by atoms with Gasteiger partial charge in [-0.1, -0.05) is 26.0 Å². The predicted molar refractivity (Wildman–Crippen MR) is 64.5 cm³/mol. The molecule has 3 nitrogen and oxygen atoms in total. The molecule has 0 bridgehead atoms. The van der Waals surface area contributed by atoms with E-state index in [4.69, 9.17) is 0 Å². The molecule has 0 aliphatic carbocycles. The molecule has 0 N–H and O–H groups in total. The number of hydrogen-bond donors (Lipinski definition) is 0. The van der Waals surface area contributed by atoms with Gasteiger partial charge in [-0.2, -0.15) is 0 Å². The lowest BCUT2D eigenvalue weighted by molar-refractivity contribution is 0.111. The SMILES string of the molecule is CC.O=Cc1cncn1Cc1cccc(F)c1. The Morgan fingerprint density at radius 2 is 2.18 bits per heavy atom. The van der Waals surface area contributed by atoms with E-state index >= 15 is 0 Å². The van der Waals surface area contributed by atoms with Crippen molar-refractivity contribution in [1.29, 1.82) is 0 Å². The molecule has 0 saturated carbocycles. The summed E-state index contributed by atoms with van der Waals surface area (Å²) in [6, 6.07) is 6.27. The number of halogens is 1. The van der Waals surface area contributed by atoms with Crippen LogP contribution in [0.5, 0.6) is 0 Å². The largest absolute Gasteiger partial charge is 0.324 e. The Morgan fingerprint density at radius 3 is 2.82 bits per heavy atom. The van der Waals surface area contributed by atoms with E-state index in [2.05, 4.69) is 4.98 Å². The van der Waals surface area contributed by atoms with Gasteiger partial charge in [-0.25, -0.2) is 9.37 Å². The second-order valence-corrected chi connectivity index (χ2v) is 3.19. The van der Waals surface area contributed by atoms with Gasteiger partial charge in [0.1, 0.15) is 11.5 Å². The number of nitrogens with zero attached hydrogens (tertiary/aromatic N) is 2. The lowest BCUT2D eigenvalue weighted by atomic mass is 10.2. The molecule has 0 fully saturated rings. The molecule has 0 spiro atoms. The van der Waals surface area contributed by atoms with Gasteiger partial charge in [-0.15, -0.1) is 0 Å². The normalized spacial score (nSPS) is 9.35. The Hall–Kier alpha value is -1.97. The van der Waals surface area contributed by atoms with E-state index in [9.17, 15) is 9.18 Å². The van der Waals surface area contributed by atoms with Crippen molar-refractivity contribution in [3.8, 4) is 0 Å². The third-order valence-corrected chi connectivity index (χ3v) is 2.11. The second kappa shape index (κ2) is 6.58. The van der Waals surface area contributed by atoms with Crippen molar-refractivity contribution in [1.82, 2.24) is 9.55 Å². The van der Waals surface area contributed by atoms with Gasteiger partial charge in [0, 0.05) is 6.54 Å². The number of rotatable bonds is 3. The maximum Gasteiger partial charge on any atom is 0.168 e. The van der Waals surface area contributed by atoms with Crippen molar-refractivity contribution in [2.75, 3.05) is 0 Å². The first kappa shape index (κ1) is 13.1. The zero-order chi connectivity index (χ0) is 12.7. The number of carbonyl (C=O) groups is 1. The van der Waals surface area contributed by atoms with Crippen molar-refractivity contribution < 1.29 is 9.18 Å². The van der Waals surface area contributed by atoms with Crippen LogP contribution in [0.2, 0.25) is 0 Å². The fourth-order valence-electron chi connectivity index (χ4n) is 1.39. The molecule has 0 unspecified atom stereocenters. The van der Waals surface area contributed by atoms with E-state index in [1.165, 1.54) is 18.3 Å². The third kappa shape index (κ3) is 3.52. The molecular formula is C13H15FN2O. The molecule has 1 aromatic carbocycles. The van der Waals surface area contributed by atoms with Crippen molar-refractivity contribution in [3.05, 3.63) is 53.9 Å². The Morgan fingerprint density at radius 1 is 1.41 bits per heavy atom.